The topological polar surface area (TPSA) is 45.9 Å². The Balaban J connectivity index is 2.73. The van der Waals surface area contributed by atoms with Gasteiger partial charge in [0.2, 0.25) is 0 Å². The number of methoxy groups -OCH3 is 1. The Kier molecular flexibility index (Phi) is 7.54. The molecule has 0 amide bonds. The van der Waals surface area contributed by atoms with Crippen LogP contribution in [0.3, 0.4) is 0 Å². The fourth-order valence-electron chi connectivity index (χ4n) is 1.90. The van der Waals surface area contributed by atoms with Gasteiger partial charge in [-0.1, -0.05) is 26.2 Å². The van der Waals surface area contributed by atoms with Gasteiger partial charge in [0.25, 0.3) is 0 Å². The summed E-state index contributed by atoms with van der Waals surface area (Å²) in [7, 11) is 1.65. The smallest absolute Gasteiger partial charge is 0.114 e. The summed E-state index contributed by atoms with van der Waals surface area (Å²) in [6, 6.07) is 4.20. The van der Waals surface area contributed by atoms with Crippen molar-refractivity contribution >= 4 is 11.8 Å². The highest BCUT2D eigenvalue weighted by molar-refractivity contribution is 7.99. The second-order valence-corrected chi connectivity index (χ2v) is 5.64. The zero-order valence-electron chi connectivity index (χ0n) is 12.0. The van der Waals surface area contributed by atoms with E-state index >= 15 is 0 Å². The number of aryl methyl sites for hydroxylation is 1. The van der Waals surface area contributed by atoms with Crippen LogP contribution in [0.1, 0.15) is 49.4 Å². The molecule has 19 heavy (non-hydrogen) atoms. The molecule has 0 fully saturated rings. The first-order valence-electron chi connectivity index (χ1n) is 6.75. The SMILES string of the molecule is CCCCCCSc1nc(C)cc(COC)c1C#N. The van der Waals surface area contributed by atoms with Gasteiger partial charge in [-0.15, -0.1) is 11.8 Å². The van der Waals surface area contributed by atoms with Crippen molar-refractivity contribution in [1.29, 1.82) is 5.26 Å². The minimum absolute atomic E-state index is 0.468. The molecule has 0 spiro atoms. The van der Waals surface area contributed by atoms with Crippen molar-refractivity contribution in [2.75, 3.05) is 12.9 Å². The monoisotopic (exact) mass is 278 g/mol. The van der Waals surface area contributed by atoms with Crippen LogP contribution in [0.4, 0.5) is 0 Å². The number of pyridine rings is 1. The standard InChI is InChI=1S/C15H22N2OS/c1-4-5-6-7-8-19-15-14(10-16)13(11-18-3)9-12(2)17-15/h9H,4-8,11H2,1-3H3. The number of aromatic nitrogens is 1. The van der Waals surface area contributed by atoms with Crippen LogP contribution in [0.15, 0.2) is 11.1 Å². The van der Waals surface area contributed by atoms with Crippen LogP contribution in [0, 0.1) is 18.3 Å². The van der Waals surface area contributed by atoms with Gasteiger partial charge in [-0.2, -0.15) is 5.26 Å². The van der Waals surface area contributed by atoms with E-state index in [2.05, 4.69) is 18.0 Å². The maximum atomic E-state index is 9.30. The number of unbranched alkanes of at least 4 members (excludes halogenated alkanes) is 3. The maximum Gasteiger partial charge on any atom is 0.114 e. The summed E-state index contributed by atoms with van der Waals surface area (Å²) in [5.41, 5.74) is 2.56. The first-order chi connectivity index (χ1) is 9.22. The van der Waals surface area contributed by atoms with Crippen LogP contribution in [0.2, 0.25) is 0 Å². The van der Waals surface area contributed by atoms with Crippen molar-refractivity contribution in [3.05, 3.63) is 22.9 Å². The molecule has 0 bridgehead atoms. The van der Waals surface area contributed by atoms with Crippen molar-refractivity contribution < 1.29 is 4.74 Å². The highest BCUT2D eigenvalue weighted by Gasteiger charge is 2.11. The van der Waals surface area contributed by atoms with E-state index in [0.29, 0.717) is 12.2 Å². The number of thioether (sulfide) groups is 1. The fourth-order valence-corrected chi connectivity index (χ4v) is 2.97. The van der Waals surface area contributed by atoms with Gasteiger partial charge in [-0.25, -0.2) is 4.98 Å². The lowest BCUT2D eigenvalue weighted by Gasteiger charge is -2.09. The van der Waals surface area contributed by atoms with Crippen LogP contribution < -0.4 is 0 Å². The van der Waals surface area contributed by atoms with Crippen LogP contribution in [-0.2, 0) is 11.3 Å². The summed E-state index contributed by atoms with van der Waals surface area (Å²) < 4.78 is 5.15. The maximum absolute atomic E-state index is 9.30. The molecule has 0 radical (unpaired) electrons. The minimum Gasteiger partial charge on any atom is -0.380 e. The molecule has 0 aliphatic rings. The van der Waals surface area contributed by atoms with Gasteiger partial charge in [0.05, 0.1) is 12.2 Å². The lowest BCUT2D eigenvalue weighted by Crippen LogP contribution is -2.00. The average molecular weight is 278 g/mol. The van der Waals surface area contributed by atoms with Gasteiger partial charge in [0.1, 0.15) is 11.1 Å². The third-order valence-electron chi connectivity index (χ3n) is 2.84. The molecule has 0 N–H and O–H groups in total. The van der Waals surface area contributed by atoms with Gasteiger partial charge in [-0.05, 0) is 30.7 Å². The Morgan fingerprint density at radius 2 is 2.16 bits per heavy atom. The van der Waals surface area contributed by atoms with Gasteiger partial charge in [0, 0.05) is 12.8 Å². The zero-order valence-corrected chi connectivity index (χ0v) is 12.8. The van der Waals surface area contributed by atoms with E-state index in [1.54, 1.807) is 18.9 Å². The largest absolute Gasteiger partial charge is 0.380 e. The normalized spacial score (nSPS) is 10.4. The highest BCUT2D eigenvalue weighted by atomic mass is 32.2. The fraction of sp³-hybridized carbons (Fsp3) is 0.600. The van der Waals surface area contributed by atoms with Crippen molar-refractivity contribution in [3.63, 3.8) is 0 Å². The third kappa shape index (κ3) is 5.22. The Bertz CT molecular complexity index is 441. The second kappa shape index (κ2) is 8.95. The summed E-state index contributed by atoms with van der Waals surface area (Å²) in [5.74, 6) is 1.03. The predicted molar refractivity (Wildman–Crippen MR) is 79.3 cm³/mol. The zero-order chi connectivity index (χ0) is 14.1. The van der Waals surface area contributed by atoms with E-state index in [9.17, 15) is 5.26 Å². The van der Waals surface area contributed by atoms with E-state index < -0.39 is 0 Å². The van der Waals surface area contributed by atoms with Crippen molar-refractivity contribution in [3.8, 4) is 6.07 Å². The van der Waals surface area contributed by atoms with Crippen molar-refractivity contribution in [1.82, 2.24) is 4.98 Å². The van der Waals surface area contributed by atoms with E-state index in [0.717, 1.165) is 22.0 Å². The molecule has 1 aromatic heterocycles. The Morgan fingerprint density at radius 1 is 1.37 bits per heavy atom. The number of nitrogens with zero attached hydrogens (tertiary/aromatic N) is 2. The van der Waals surface area contributed by atoms with Crippen molar-refractivity contribution in [2.24, 2.45) is 0 Å². The molecule has 1 heterocycles. The number of ether oxygens (including phenoxy) is 1. The summed E-state index contributed by atoms with van der Waals surface area (Å²) in [6.07, 6.45) is 4.96. The number of nitriles is 1. The minimum atomic E-state index is 0.468. The Morgan fingerprint density at radius 3 is 2.79 bits per heavy atom. The molecule has 0 saturated carbocycles. The highest BCUT2D eigenvalue weighted by Crippen LogP contribution is 2.25. The third-order valence-corrected chi connectivity index (χ3v) is 3.91. The molecule has 0 saturated heterocycles. The Labute approximate surface area is 120 Å². The summed E-state index contributed by atoms with van der Waals surface area (Å²) >= 11 is 1.69. The van der Waals surface area contributed by atoms with E-state index in [1.807, 2.05) is 13.0 Å². The molecule has 0 aliphatic carbocycles. The molecular formula is C15H22N2OS. The first kappa shape index (κ1) is 16.0. The molecule has 4 heteroatoms. The molecular weight excluding hydrogens is 256 g/mol. The molecule has 0 aromatic carbocycles. The summed E-state index contributed by atoms with van der Waals surface area (Å²) in [6.45, 7) is 4.64. The van der Waals surface area contributed by atoms with Gasteiger partial charge >= 0.3 is 0 Å². The number of rotatable bonds is 8. The van der Waals surface area contributed by atoms with Gasteiger partial charge < -0.3 is 4.74 Å². The molecule has 104 valence electrons. The predicted octanol–water partition coefficient (Wildman–Crippen LogP) is 4.08. The van der Waals surface area contributed by atoms with Gasteiger partial charge in [-0.3, -0.25) is 0 Å². The molecule has 1 rings (SSSR count). The molecule has 0 aliphatic heterocycles. The van der Waals surface area contributed by atoms with E-state index in [-0.39, 0.29) is 0 Å². The van der Waals surface area contributed by atoms with Crippen molar-refractivity contribution in [2.45, 2.75) is 51.2 Å². The van der Waals surface area contributed by atoms with E-state index in [4.69, 9.17) is 4.74 Å². The quantitative estimate of drug-likeness (QED) is 0.531. The average Bonchev–Trinajstić information content (AvgIpc) is 2.38. The lowest BCUT2D eigenvalue weighted by molar-refractivity contribution is 0.184. The van der Waals surface area contributed by atoms with E-state index in [1.165, 1.54) is 25.7 Å². The number of hydrogen-bond acceptors (Lipinski definition) is 4. The summed E-state index contributed by atoms with van der Waals surface area (Å²) in [5, 5.41) is 10.2. The first-order valence-corrected chi connectivity index (χ1v) is 7.73. The Hall–Kier alpha value is -1.05. The molecule has 3 nitrogen and oxygen atoms in total. The van der Waals surface area contributed by atoms with Crippen LogP contribution >= 0.6 is 11.8 Å². The molecule has 1 aromatic rings. The second-order valence-electron chi connectivity index (χ2n) is 4.56. The van der Waals surface area contributed by atoms with Crippen LogP contribution in [-0.4, -0.2) is 17.8 Å². The van der Waals surface area contributed by atoms with Crippen LogP contribution in [0.25, 0.3) is 0 Å². The van der Waals surface area contributed by atoms with Crippen LogP contribution in [0.5, 0.6) is 0 Å². The van der Waals surface area contributed by atoms with Gasteiger partial charge in [0.15, 0.2) is 0 Å². The lowest BCUT2D eigenvalue weighted by atomic mass is 10.1. The number of hydrogen-bond donors (Lipinski definition) is 0. The molecule has 0 atom stereocenters. The summed E-state index contributed by atoms with van der Waals surface area (Å²) in [4.78, 5) is 4.49. The molecule has 0 unspecified atom stereocenters.